The number of aliphatic imine (C=N–C) groups is 1. The number of rotatable bonds is 5. The predicted molar refractivity (Wildman–Crippen MR) is 104 cm³/mol. The molecule has 0 fully saturated rings. The van der Waals surface area contributed by atoms with Gasteiger partial charge in [-0.3, -0.25) is 14.2 Å². The van der Waals surface area contributed by atoms with Gasteiger partial charge in [-0.05, 0) is 12.1 Å². The molecule has 1 unspecified atom stereocenters. The normalized spacial score (nSPS) is 15.6. The van der Waals surface area contributed by atoms with Crippen LogP contribution >= 0.6 is 11.6 Å². The van der Waals surface area contributed by atoms with Crippen molar-refractivity contribution in [2.75, 3.05) is 0 Å². The first kappa shape index (κ1) is 24.0. The summed E-state index contributed by atoms with van der Waals surface area (Å²) in [5.74, 6) is -2.31. The Kier molecular flexibility index (Phi) is 6.60. The van der Waals surface area contributed by atoms with Crippen molar-refractivity contribution in [1.82, 2.24) is 14.2 Å². The van der Waals surface area contributed by atoms with Crippen LogP contribution in [-0.4, -0.2) is 32.7 Å². The zero-order valence-electron chi connectivity index (χ0n) is 16.7. The van der Waals surface area contributed by atoms with Crippen LogP contribution in [0.4, 0.5) is 17.6 Å². The Morgan fingerprint density at radius 2 is 1.91 bits per heavy atom. The number of nitrogens with zero attached hydrogens (tertiary/aromatic N) is 4. The third-order valence-electron chi connectivity index (χ3n) is 4.06. The third-order valence-corrected chi connectivity index (χ3v) is 4.35. The van der Waals surface area contributed by atoms with Gasteiger partial charge < -0.3 is 4.84 Å². The van der Waals surface area contributed by atoms with Crippen molar-refractivity contribution >= 4 is 23.8 Å². The van der Waals surface area contributed by atoms with Gasteiger partial charge in [0.25, 0.3) is 5.56 Å². The summed E-state index contributed by atoms with van der Waals surface area (Å²) in [4.78, 5) is 54.2. The maximum Gasteiger partial charge on any atom is 0.431 e. The predicted octanol–water partition coefficient (Wildman–Crippen LogP) is 2.32. The number of carbonyl (C=O) groups excluding carboxylic acids is 1. The number of benzene rings is 1. The number of hydrogen-bond acceptors (Lipinski definition) is 8. The second kappa shape index (κ2) is 9.07. The fourth-order valence-electron chi connectivity index (χ4n) is 2.63. The van der Waals surface area contributed by atoms with Gasteiger partial charge in [0.15, 0.2) is 5.75 Å². The summed E-state index contributed by atoms with van der Waals surface area (Å²) in [6, 6.07) is 1.67. The molecule has 1 atom stereocenters. The Morgan fingerprint density at radius 1 is 1.21 bits per heavy atom. The van der Waals surface area contributed by atoms with E-state index in [-0.39, 0.29) is 26.0 Å². The molecule has 176 valence electrons. The van der Waals surface area contributed by atoms with Crippen molar-refractivity contribution in [1.29, 1.82) is 0 Å². The molecule has 0 spiro atoms. The maximum atomic E-state index is 14.6. The van der Waals surface area contributed by atoms with Gasteiger partial charge in [0, 0.05) is 38.5 Å². The molecule has 2 heterocycles. The molecule has 0 bridgehead atoms. The highest BCUT2D eigenvalue weighted by atomic mass is 35.5. The number of alkyl halides is 3. The molecule has 0 N–H and O–H groups in total. The van der Waals surface area contributed by atoms with E-state index >= 15 is 0 Å². The van der Waals surface area contributed by atoms with Crippen molar-refractivity contribution in [3.8, 4) is 11.4 Å². The molecule has 0 amide bonds. The second-order valence-corrected chi connectivity index (χ2v) is 6.77. The maximum absolute atomic E-state index is 14.6. The molecular weight excluding hydrogens is 480 g/mol. The molecule has 1 aliphatic heterocycles. The highest BCUT2D eigenvalue weighted by molar-refractivity contribution is 6.32. The molecule has 0 saturated heterocycles. The molecule has 33 heavy (non-hydrogen) atoms. The highest BCUT2D eigenvalue weighted by Gasteiger charge is 2.35. The average molecular weight is 493 g/mol. The number of allylic oxidation sites excluding steroid dienone is 1. The van der Waals surface area contributed by atoms with E-state index in [4.69, 9.17) is 21.3 Å². The molecule has 0 radical (unpaired) electrons. The number of carbonyl (C=O) groups is 1. The lowest BCUT2D eigenvalue weighted by atomic mass is 10.2. The largest absolute Gasteiger partial charge is 0.431 e. The molecule has 2 aromatic rings. The Hall–Kier alpha value is -3.65. The topological polar surface area (TPSA) is 104 Å². The number of hydrogen-bond donors (Lipinski definition) is 0. The Labute approximate surface area is 186 Å². The second-order valence-electron chi connectivity index (χ2n) is 6.36. The average Bonchev–Trinajstić information content (AvgIpc) is 2.72. The van der Waals surface area contributed by atoms with Crippen LogP contribution in [0.3, 0.4) is 0 Å². The van der Waals surface area contributed by atoms with Gasteiger partial charge in [0.1, 0.15) is 11.5 Å². The molecule has 15 heteroatoms. The van der Waals surface area contributed by atoms with E-state index in [0.717, 1.165) is 25.1 Å². The highest BCUT2D eigenvalue weighted by Crippen LogP contribution is 2.31. The van der Waals surface area contributed by atoms with Crippen LogP contribution < -0.4 is 16.1 Å². The monoisotopic (exact) mass is 492 g/mol. The van der Waals surface area contributed by atoms with Crippen LogP contribution in [-0.2, 0) is 27.8 Å². The van der Waals surface area contributed by atoms with Crippen LogP contribution in [0.25, 0.3) is 5.69 Å². The van der Waals surface area contributed by atoms with Crippen LogP contribution in [0.15, 0.2) is 45.1 Å². The van der Waals surface area contributed by atoms with Gasteiger partial charge in [0.05, 0.1) is 10.7 Å². The van der Waals surface area contributed by atoms with Crippen molar-refractivity contribution in [3.05, 3.63) is 67.8 Å². The molecule has 0 aliphatic carbocycles. The van der Waals surface area contributed by atoms with E-state index < -0.39 is 46.9 Å². The smallest absolute Gasteiger partial charge is 0.374 e. The number of halogens is 5. The quantitative estimate of drug-likeness (QED) is 0.358. The molecular formula is C18H13ClF4N4O6. The van der Waals surface area contributed by atoms with Gasteiger partial charge in [-0.2, -0.15) is 18.2 Å². The van der Waals surface area contributed by atoms with Gasteiger partial charge >= 0.3 is 24.2 Å². The number of aromatic nitrogens is 2. The fraction of sp³-hybridized carbons (Fsp3) is 0.222. The number of hydroxylamine groups is 2. The molecule has 1 aliphatic rings. The lowest BCUT2D eigenvalue weighted by Gasteiger charge is -2.27. The van der Waals surface area contributed by atoms with Gasteiger partial charge in [0.2, 0.25) is 0 Å². The van der Waals surface area contributed by atoms with Crippen molar-refractivity contribution in [2.45, 2.75) is 19.5 Å². The Balaban J connectivity index is 2.04. The molecule has 0 saturated carbocycles. The van der Waals surface area contributed by atoms with Crippen molar-refractivity contribution in [3.63, 3.8) is 0 Å². The first-order chi connectivity index (χ1) is 15.4. The zero-order chi connectivity index (χ0) is 24.5. The summed E-state index contributed by atoms with van der Waals surface area (Å²) >= 11 is 5.98. The zero-order valence-corrected chi connectivity index (χ0v) is 17.4. The van der Waals surface area contributed by atoms with Crippen LogP contribution in [0.5, 0.6) is 5.75 Å². The van der Waals surface area contributed by atoms with E-state index in [2.05, 4.69) is 9.88 Å². The standard InChI is InChI=1S/C18H13ClF4N4O6/c1-9(28)32-33-16-24-4-3-5-26(16)31-13-7-12(11(20)6-10(13)19)27-15(29)8-14(18(21,22)23)25(2)17(27)30/h3-8,16H,1-2H3. The Bertz CT molecular complexity index is 1270. The van der Waals surface area contributed by atoms with Crippen molar-refractivity contribution in [2.24, 2.45) is 12.0 Å². The van der Waals surface area contributed by atoms with E-state index in [1.807, 2.05) is 0 Å². The first-order valence-corrected chi connectivity index (χ1v) is 9.18. The van der Waals surface area contributed by atoms with E-state index in [0.29, 0.717) is 6.07 Å². The molecule has 10 nitrogen and oxygen atoms in total. The van der Waals surface area contributed by atoms with E-state index in [1.165, 1.54) is 18.5 Å². The molecule has 3 rings (SSSR count). The van der Waals surface area contributed by atoms with E-state index in [1.54, 1.807) is 0 Å². The van der Waals surface area contributed by atoms with E-state index in [9.17, 15) is 31.9 Å². The van der Waals surface area contributed by atoms with Gasteiger partial charge in [-0.1, -0.05) is 11.6 Å². The summed E-state index contributed by atoms with van der Waals surface area (Å²) in [7, 11) is 0.778. The minimum Gasteiger partial charge on any atom is -0.374 e. The van der Waals surface area contributed by atoms with Crippen LogP contribution in [0.1, 0.15) is 12.6 Å². The third kappa shape index (κ3) is 5.06. The van der Waals surface area contributed by atoms with Crippen LogP contribution in [0.2, 0.25) is 5.02 Å². The molecule has 1 aromatic carbocycles. The fourth-order valence-corrected chi connectivity index (χ4v) is 2.82. The Morgan fingerprint density at radius 3 is 2.55 bits per heavy atom. The van der Waals surface area contributed by atoms with Gasteiger partial charge in [-0.25, -0.2) is 23.5 Å². The lowest BCUT2D eigenvalue weighted by Crippen LogP contribution is -2.41. The minimum absolute atomic E-state index is 0.154. The lowest BCUT2D eigenvalue weighted by molar-refractivity contribution is -0.342. The summed E-state index contributed by atoms with van der Waals surface area (Å²) < 4.78 is 54.1. The molecule has 1 aromatic heterocycles. The van der Waals surface area contributed by atoms with Crippen molar-refractivity contribution < 1.29 is 37.0 Å². The van der Waals surface area contributed by atoms with Crippen LogP contribution in [0, 0.1) is 5.82 Å². The summed E-state index contributed by atoms with van der Waals surface area (Å²) in [5, 5.41) is 0.557. The SMILES string of the molecule is CC(=O)OOC1N=CC=CN1Oc1cc(-n2c(=O)cc(C(F)(F)F)n(C)c2=O)c(F)cc1Cl. The summed E-state index contributed by atoms with van der Waals surface area (Å²) in [6.07, 6.45) is -2.38. The summed E-state index contributed by atoms with van der Waals surface area (Å²) in [6.45, 7) is 1.07. The summed E-state index contributed by atoms with van der Waals surface area (Å²) in [5.41, 5.74) is -5.13. The minimum atomic E-state index is -4.99. The van der Waals surface area contributed by atoms with Gasteiger partial charge in [-0.15, -0.1) is 4.89 Å². The first-order valence-electron chi connectivity index (χ1n) is 8.80.